The molecule has 0 aliphatic carbocycles. The summed E-state index contributed by atoms with van der Waals surface area (Å²) in [5, 5.41) is 0. The lowest BCUT2D eigenvalue weighted by atomic mass is 10.0. The van der Waals surface area contributed by atoms with E-state index in [1.54, 1.807) is 0 Å². The number of quaternary nitrogens is 1. The van der Waals surface area contributed by atoms with Crippen LogP contribution in [-0.2, 0) is 32.7 Å². The second-order valence-corrected chi connectivity index (χ2v) is 22.1. The lowest BCUT2D eigenvalue weighted by Gasteiger charge is -2.24. The molecule has 0 bridgehead atoms. The number of hydrogen-bond donors (Lipinski definition) is 1. The first kappa shape index (κ1) is 64.0. The van der Waals surface area contributed by atoms with Crippen LogP contribution in [-0.4, -0.2) is 74.9 Å². The Morgan fingerprint density at radius 3 is 0.985 bits per heavy atom. The second kappa shape index (κ2) is 48.1. The number of unbranched alkanes of at least 4 members (excludes halogenated alkanes) is 39. The van der Waals surface area contributed by atoms with Crippen LogP contribution in [0.5, 0.6) is 0 Å². The average Bonchev–Trinajstić information content (AvgIpc) is 3.26. The molecule has 2 unspecified atom stereocenters. The topological polar surface area (TPSA) is 108 Å². The van der Waals surface area contributed by atoms with Crippen molar-refractivity contribution in [3.63, 3.8) is 0 Å². The molecule has 0 heterocycles. The van der Waals surface area contributed by atoms with Crippen molar-refractivity contribution in [3.05, 3.63) is 0 Å². The molecule has 0 aromatic heterocycles. The third-order valence-electron chi connectivity index (χ3n) is 12.9. The predicted octanol–water partition coefficient (Wildman–Crippen LogP) is 17.1. The minimum atomic E-state index is -4.38. The Morgan fingerprint density at radius 1 is 0.415 bits per heavy atom. The quantitative estimate of drug-likeness (QED) is 0.0278. The molecule has 10 heteroatoms. The molecule has 0 fully saturated rings. The standard InChI is InChI=1S/C55H110NO8P/c1-6-8-10-12-14-16-18-20-22-24-26-27-28-30-31-33-35-37-39-41-43-45-47-54(57)61-51-53(52-63-65(59,60)62-50-49-56(3,4)5)64-55(58)48-46-44-42-40-38-36-34-32-29-25-23-21-19-17-15-13-11-9-7-2/h53H,6-52H2,1-5H3/p+1. The van der Waals surface area contributed by atoms with Gasteiger partial charge in [-0.05, 0) is 12.8 Å². The van der Waals surface area contributed by atoms with Gasteiger partial charge in [-0.2, -0.15) is 0 Å². The molecule has 0 aromatic rings. The summed E-state index contributed by atoms with van der Waals surface area (Å²) in [5.41, 5.74) is 0. The van der Waals surface area contributed by atoms with Crippen LogP contribution >= 0.6 is 7.82 Å². The lowest BCUT2D eigenvalue weighted by molar-refractivity contribution is -0.870. The highest BCUT2D eigenvalue weighted by atomic mass is 31.2. The van der Waals surface area contributed by atoms with E-state index in [1.807, 2.05) is 21.1 Å². The van der Waals surface area contributed by atoms with Crippen molar-refractivity contribution in [3.8, 4) is 0 Å². The molecule has 1 N–H and O–H groups in total. The van der Waals surface area contributed by atoms with E-state index in [-0.39, 0.29) is 25.6 Å². The molecular weight excluding hydrogens is 834 g/mol. The van der Waals surface area contributed by atoms with Crippen LogP contribution in [0.4, 0.5) is 0 Å². The van der Waals surface area contributed by atoms with Crippen molar-refractivity contribution >= 4 is 19.8 Å². The molecule has 0 rings (SSSR count). The van der Waals surface area contributed by atoms with Gasteiger partial charge in [-0.3, -0.25) is 18.6 Å². The number of carbonyl (C=O) groups excluding carboxylic acids is 2. The molecule has 9 nitrogen and oxygen atoms in total. The fraction of sp³-hybridized carbons (Fsp3) is 0.964. The Morgan fingerprint density at radius 2 is 0.692 bits per heavy atom. The second-order valence-electron chi connectivity index (χ2n) is 20.7. The van der Waals surface area contributed by atoms with Crippen LogP contribution in [0.1, 0.15) is 290 Å². The van der Waals surface area contributed by atoms with Gasteiger partial charge in [-0.1, -0.05) is 264 Å². The number of phosphoric ester groups is 1. The lowest BCUT2D eigenvalue weighted by Crippen LogP contribution is -2.37. The molecular formula is C55H111NO8P+. The maximum Gasteiger partial charge on any atom is 0.472 e. The van der Waals surface area contributed by atoms with Crippen molar-refractivity contribution in [2.75, 3.05) is 47.5 Å². The molecule has 0 aliphatic heterocycles. The first-order valence-corrected chi connectivity index (χ1v) is 29.8. The van der Waals surface area contributed by atoms with Crippen LogP contribution < -0.4 is 0 Å². The van der Waals surface area contributed by atoms with Crippen molar-refractivity contribution in [1.82, 2.24) is 0 Å². The van der Waals surface area contributed by atoms with Gasteiger partial charge in [-0.15, -0.1) is 0 Å². The number of ether oxygens (including phenoxy) is 2. The van der Waals surface area contributed by atoms with Crippen molar-refractivity contribution < 1.29 is 42.1 Å². The third-order valence-corrected chi connectivity index (χ3v) is 13.9. The smallest absolute Gasteiger partial charge is 0.462 e. The Hall–Kier alpha value is -0.990. The summed E-state index contributed by atoms with van der Waals surface area (Å²) in [6.07, 6.45) is 53.0. The maximum atomic E-state index is 12.8. The summed E-state index contributed by atoms with van der Waals surface area (Å²) in [6.45, 7) is 4.50. The number of nitrogens with zero attached hydrogens (tertiary/aromatic N) is 1. The molecule has 2 atom stereocenters. The third kappa shape index (κ3) is 52.2. The minimum absolute atomic E-state index is 0.0374. The van der Waals surface area contributed by atoms with Crippen LogP contribution in [0.15, 0.2) is 0 Å². The van der Waals surface area contributed by atoms with E-state index in [9.17, 15) is 19.0 Å². The average molecular weight is 945 g/mol. The zero-order valence-corrected chi connectivity index (χ0v) is 44.9. The van der Waals surface area contributed by atoms with Gasteiger partial charge in [0.1, 0.15) is 19.8 Å². The Bertz CT molecular complexity index is 1070. The number of esters is 2. The number of likely N-dealkylation sites (N-methyl/N-ethyl adjacent to an activating group) is 1. The summed E-state index contributed by atoms with van der Waals surface area (Å²) < 4.78 is 34.6. The highest BCUT2D eigenvalue weighted by Crippen LogP contribution is 2.43. The van der Waals surface area contributed by atoms with Crippen LogP contribution in [0, 0.1) is 0 Å². The van der Waals surface area contributed by atoms with Crippen molar-refractivity contribution in [1.29, 1.82) is 0 Å². The molecule has 65 heavy (non-hydrogen) atoms. The highest BCUT2D eigenvalue weighted by molar-refractivity contribution is 7.47. The molecule has 0 saturated carbocycles. The first-order chi connectivity index (χ1) is 31.5. The summed E-state index contributed by atoms with van der Waals surface area (Å²) in [7, 11) is 1.50. The molecule has 0 saturated heterocycles. The molecule has 0 aliphatic rings. The molecule has 0 radical (unpaired) electrons. The molecule has 0 spiro atoms. The Balaban J connectivity index is 4.12. The normalized spacial score (nSPS) is 13.3. The predicted molar refractivity (Wildman–Crippen MR) is 275 cm³/mol. The number of hydrogen-bond acceptors (Lipinski definition) is 7. The summed E-state index contributed by atoms with van der Waals surface area (Å²) in [6, 6.07) is 0. The minimum Gasteiger partial charge on any atom is -0.462 e. The fourth-order valence-electron chi connectivity index (χ4n) is 8.49. The van der Waals surface area contributed by atoms with Crippen molar-refractivity contribution in [2.45, 2.75) is 296 Å². The molecule has 0 amide bonds. The van der Waals surface area contributed by atoms with Crippen LogP contribution in [0.2, 0.25) is 0 Å². The first-order valence-electron chi connectivity index (χ1n) is 28.3. The summed E-state index contributed by atoms with van der Waals surface area (Å²) in [5.74, 6) is -0.774. The fourth-order valence-corrected chi connectivity index (χ4v) is 9.23. The number of rotatable bonds is 53. The van der Waals surface area contributed by atoms with E-state index >= 15 is 0 Å². The van der Waals surface area contributed by atoms with E-state index in [0.29, 0.717) is 17.4 Å². The monoisotopic (exact) mass is 945 g/mol. The molecule has 0 aromatic carbocycles. The van der Waals surface area contributed by atoms with E-state index in [2.05, 4.69) is 13.8 Å². The van der Waals surface area contributed by atoms with Gasteiger partial charge in [0.2, 0.25) is 0 Å². The van der Waals surface area contributed by atoms with Gasteiger partial charge >= 0.3 is 19.8 Å². The largest absolute Gasteiger partial charge is 0.472 e. The number of carbonyl (C=O) groups is 2. The van der Waals surface area contributed by atoms with Gasteiger partial charge < -0.3 is 18.9 Å². The van der Waals surface area contributed by atoms with Crippen LogP contribution in [0.3, 0.4) is 0 Å². The maximum absolute atomic E-state index is 12.8. The molecule has 388 valence electrons. The van der Waals surface area contributed by atoms with Gasteiger partial charge in [0.25, 0.3) is 0 Å². The zero-order valence-electron chi connectivity index (χ0n) is 44.0. The summed E-state index contributed by atoms with van der Waals surface area (Å²) in [4.78, 5) is 35.6. The SMILES string of the molecule is CCCCCCCCCCCCCCCCCCCCCCCCC(=O)OCC(COP(=O)(O)OCC[N+](C)(C)C)OC(=O)CCCCCCCCCCCCCCCCCCCCC. The van der Waals surface area contributed by atoms with E-state index in [4.69, 9.17) is 18.5 Å². The van der Waals surface area contributed by atoms with Gasteiger partial charge in [0.05, 0.1) is 27.7 Å². The van der Waals surface area contributed by atoms with E-state index in [0.717, 1.165) is 38.5 Å². The van der Waals surface area contributed by atoms with Crippen LogP contribution in [0.25, 0.3) is 0 Å². The highest BCUT2D eigenvalue weighted by Gasteiger charge is 2.27. The Kier molecular flexibility index (Phi) is 47.3. The van der Waals surface area contributed by atoms with Gasteiger partial charge in [-0.25, -0.2) is 4.57 Å². The van der Waals surface area contributed by atoms with Gasteiger partial charge in [0.15, 0.2) is 6.10 Å². The van der Waals surface area contributed by atoms with Gasteiger partial charge in [0, 0.05) is 12.8 Å². The zero-order chi connectivity index (χ0) is 47.8. The van der Waals surface area contributed by atoms with E-state index in [1.165, 1.54) is 225 Å². The summed E-state index contributed by atoms with van der Waals surface area (Å²) >= 11 is 0. The van der Waals surface area contributed by atoms with Crippen molar-refractivity contribution in [2.24, 2.45) is 0 Å². The van der Waals surface area contributed by atoms with E-state index < -0.39 is 26.5 Å². The Labute approximate surface area is 404 Å². The number of phosphoric acid groups is 1.